The lowest BCUT2D eigenvalue weighted by Gasteiger charge is -2.43. The Bertz CT molecular complexity index is 1160. The molecule has 2 fully saturated rings. The van der Waals surface area contributed by atoms with Gasteiger partial charge in [-0.1, -0.05) is 44.2 Å². The lowest BCUT2D eigenvalue weighted by atomic mass is 9.96. The van der Waals surface area contributed by atoms with Gasteiger partial charge in [-0.2, -0.15) is 0 Å². The van der Waals surface area contributed by atoms with Crippen molar-refractivity contribution in [3.63, 3.8) is 0 Å². The molecule has 0 bridgehead atoms. The van der Waals surface area contributed by atoms with E-state index in [0.29, 0.717) is 19.5 Å². The highest BCUT2D eigenvalue weighted by Crippen LogP contribution is 2.36. The summed E-state index contributed by atoms with van der Waals surface area (Å²) >= 11 is 0. The van der Waals surface area contributed by atoms with Crippen molar-refractivity contribution < 1.29 is 14.3 Å². The number of anilines is 1. The summed E-state index contributed by atoms with van der Waals surface area (Å²) in [6.45, 7) is 6.92. The fourth-order valence-corrected chi connectivity index (χ4v) is 5.19. The highest BCUT2D eigenvalue weighted by molar-refractivity contribution is 6.11. The molecule has 5 rings (SSSR count). The second-order valence-corrected chi connectivity index (χ2v) is 10.6. The maximum atomic E-state index is 13.5. The van der Waals surface area contributed by atoms with Crippen LogP contribution in [-0.4, -0.2) is 67.8 Å². The first-order valence-electron chi connectivity index (χ1n) is 13.5. The molecule has 3 aliphatic rings. The summed E-state index contributed by atoms with van der Waals surface area (Å²) in [6, 6.07) is 16.7. The Kier molecular flexibility index (Phi) is 7.77. The van der Waals surface area contributed by atoms with Crippen molar-refractivity contribution in [3.8, 4) is 11.5 Å². The zero-order chi connectivity index (χ0) is 25.8. The quantitative estimate of drug-likeness (QED) is 0.495. The van der Waals surface area contributed by atoms with E-state index >= 15 is 0 Å². The number of rotatable bonds is 9. The highest BCUT2D eigenvalue weighted by atomic mass is 16.5. The number of amidine groups is 1. The second-order valence-electron chi connectivity index (χ2n) is 10.6. The van der Waals surface area contributed by atoms with Crippen molar-refractivity contribution in [1.29, 1.82) is 0 Å². The summed E-state index contributed by atoms with van der Waals surface area (Å²) in [5.74, 6) is 2.86. The van der Waals surface area contributed by atoms with Gasteiger partial charge in [0.2, 0.25) is 5.91 Å². The van der Waals surface area contributed by atoms with Gasteiger partial charge in [0.1, 0.15) is 5.84 Å². The Morgan fingerprint density at radius 2 is 1.89 bits per heavy atom. The number of benzene rings is 2. The minimum atomic E-state index is 0.0641. The van der Waals surface area contributed by atoms with E-state index in [9.17, 15) is 4.79 Å². The minimum Gasteiger partial charge on any atom is -0.493 e. The number of amides is 1. The lowest BCUT2D eigenvalue weighted by molar-refractivity contribution is -0.132. The standard InChI is InChI=1S/C30H38N4O3/c1-21(2)30-31-19-23(32-30)17-29(35)34-15-14-33(20-25(34)16-22-8-5-4-6-9-22)24-12-13-27(36-3)28(18-24)37-26-10-7-11-26/h4-6,8-9,12-13,18,21,25-26H,7,10-11,14-17,19-20H2,1-3H3/t25-/m0/s1. The summed E-state index contributed by atoms with van der Waals surface area (Å²) in [4.78, 5) is 27.1. The molecule has 37 heavy (non-hydrogen) atoms. The zero-order valence-electron chi connectivity index (χ0n) is 22.2. The average molecular weight is 503 g/mol. The van der Waals surface area contributed by atoms with Crippen LogP contribution in [0.1, 0.15) is 45.1 Å². The molecule has 1 saturated heterocycles. The Hall–Kier alpha value is -3.35. The number of hydrogen-bond donors (Lipinski definition) is 0. The van der Waals surface area contributed by atoms with E-state index in [1.807, 2.05) is 12.1 Å². The van der Waals surface area contributed by atoms with Crippen LogP contribution in [0.3, 0.4) is 0 Å². The fraction of sp³-hybridized carbons (Fsp3) is 0.500. The van der Waals surface area contributed by atoms with Crippen LogP contribution >= 0.6 is 0 Å². The van der Waals surface area contributed by atoms with E-state index in [1.165, 1.54) is 12.0 Å². The van der Waals surface area contributed by atoms with E-state index in [2.05, 4.69) is 70.0 Å². The molecule has 0 radical (unpaired) electrons. The van der Waals surface area contributed by atoms with Gasteiger partial charge in [0.25, 0.3) is 0 Å². The van der Waals surface area contributed by atoms with Gasteiger partial charge >= 0.3 is 0 Å². The van der Waals surface area contributed by atoms with Gasteiger partial charge in [0, 0.05) is 37.3 Å². The molecule has 7 heteroatoms. The molecule has 0 aromatic heterocycles. The lowest BCUT2D eigenvalue weighted by Crippen LogP contribution is -2.56. The first-order chi connectivity index (χ1) is 18.0. The van der Waals surface area contributed by atoms with Crippen LogP contribution in [0.4, 0.5) is 5.69 Å². The monoisotopic (exact) mass is 502 g/mol. The molecule has 7 nitrogen and oxygen atoms in total. The van der Waals surface area contributed by atoms with Gasteiger partial charge < -0.3 is 19.3 Å². The van der Waals surface area contributed by atoms with Crippen molar-refractivity contribution in [2.75, 3.05) is 38.2 Å². The van der Waals surface area contributed by atoms with Crippen LogP contribution in [-0.2, 0) is 11.2 Å². The summed E-state index contributed by atoms with van der Waals surface area (Å²) in [5, 5.41) is 0. The van der Waals surface area contributed by atoms with Crippen molar-refractivity contribution in [2.45, 2.75) is 58.1 Å². The predicted octanol–water partition coefficient (Wildman–Crippen LogP) is 4.79. The molecule has 1 atom stereocenters. The van der Waals surface area contributed by atoms with Crippen LogP contribution in [0.2, 0.25) is 0 Å². The summed E-state index contributed by atoms with van der Waals surface area (Å²) in [7, 11) is 1.69. The fourth-order valence-electron chi connectivity index (χ4n) is 5.19. The number of nitrogens with zero attached hydrogens (tertiary/aromatic N) is 4. The van der Waals surface area contributed by atoms with Crippen molar-refractivity contribution >= 4 is 23.1 Å². The summed E-state index contributed by atoms with van der Waals surface area (Å²) in [6.07, 6.45) is 4.85. The van der Waals surface area contributed by atoms with Gasteiger partial charge in [-0.25, -0.2) is 4.99 Å². The largest absolute Gasteiger partial charge is 0.493 e. The van der Waals surface area contributed by atoms with Crippen molar-refractivity contribution in [1.82, 2.24) is 4.90 Å². The highest BCUT2D eigenvalue weighted by Gasteiger charge is 2.32. The summed E-state index contributed by atoms with van der Waals surface area (Å²) < 4.78 is 11.8. The maximum Gasteiger partial charge on any atom is 0.228 e. The van der Waals surface area contributed by atoms with Crippen LogP contribution < -0.4 is 14.4 Å². The van der Waals surface area contributed by atoms with E-state index in [-0.39, 0.29) is 24.0 Å². The van der Waals surface area contributed by atoms with E-state index < -0.39 is 0 Å². The van der Waals surface area contributed by atoms with Crippen LogP contribution in [0.15, 0.2) is 58.5 Å². The number of carbonyl (C=O) groups is 1. The summed E-state index contributed by atoms with van der Waals surface area (Å²) in [5.41, 5.74) is 3.22. The Labute approximate surface area is 220 Å². The van der Waals surface area contributed by atoms with Gasteiger partial charge in [-0.3, -0.25) is 9.79 Å². The number of carbonyl (C=O) groups excluding carboxylic acids is 1. The van der Waals surface area contributed by atoms with Crippen LogP contribution in [0.25, 0.3) is 0 Å². The van der Waals surface area contributed by atoms with Gasteiger partial charge in [-0.05, 0) is 43.4 Å². The molecule has 2 aromatic rings. The van der Waals surface area contributed by atoms with Gasteiger partial charge in [0.15, 0.2) is 11.5 Å². The number of methoxy groups -OCH3 is 1. The molecule has 1 amide bonds. The molecule has 1 aliphatic carbocycles. The number of piperazine rings is 1. The van der Waals surface area contributed by atoms with E-state index in [4.69, 9.17) is 9.47 Å². The second kappa shape index (κ2) is 11.4. The number of ether oxygens (including phenoxy) is 2. The molecule has 1 saturated carbocycles. The SMILES string of the molecule is COc1ccc(N2CCN(C(=O)CC3=NC(C(C)C)=NC3)[C@@H](Cc3ccccc3)C2)cc1OC1CCC1. The third-order valence-electron chi connectivity index (χ3n) is 7.54. The smallest absolute Gasteiger partial charge is 0.228 e. The number of aliphatic imine (C=N–C) groups is 2. The first-order valence-corrected chi connectivity index (χ1v) is 13.5. The molecule has 0 unspecified atom stereocenters. The van der Waals surface area contributed by atoms with Crippen molar-refractivity contribution in [3.05, 3.63) is 54.1 Å². The maximum absolute atomic E-state index is 13.5. The predicted molar refractivity (Wildman–Crippen MR) is 148 cm³/mol. The Balaban J connectivity index is 1.33. The first kappa shape index (κ1) is 25.3. The van der Waals surface area contributed by atoms with Crippen LogP contribution in [0.5, 0.6) is 11.5 Å². The Morgan fingerprint density at radius 1 is 1.08 bits per heavy atom. The Morgan fingerprint density at radius 3 is 2.57 bits per heavy atom. The average Bonchev–Trinajstić information content (AvgIpc) is 3.35. The molecule has 2 heterocycles. The topological polar surface area (TPSA) is 66.7 Å². The minimum absolute atomic E-state index is 0.0641. The molecule has 0 N–H and O–H groups in total. The molecule has 0 spiro atoms. The number of hydrogen-bond acceptors (Lipinski definition) is 6. The molecule has 196 valence electrons. The third kappa shape index (κ3) is 5.97. The van der Waals surface area contributed by atoms with Crippen LogP contribution in [0, 0.1) is 5.92 Å². The normalized spacial score (nSPS) is 19.9. The zero-order valence-corrected chi connectivity index (χ0v) is 22.2. The van der Waals surface area contributed by atoms with Crippen molar-refractivity contribution in [2.24, 2.45) is 15.9 Å². The third-order valence-corrected chi connectivity index (χ3v) is 7.54. The molecular weight excluding hydrogens is 464 g/mol. The van der Waals surface area contributed by atoms with E-state index in [0.717, 1.165) is 61.1 Å². The van der Waals surface area contributed by atoms with Gasteiger partial charge in [0.05, 0.1) is 37.9 Å². The van der Waals surface area contributed by atoms with E-state index in [1.54, 1.807) is 7.11 Å². The van der Waals surface area contributed by atoms with Gasteiger partial charge in [-0.15, -0.1) is 0 Å². The molecule has 2 aromatic carbocycles. The molecular formula is C30H38N4O3. The molecule has 2 aliphatic heterocycles.